The van der Waals surface area contributed by atoms with Crippen LogP contribution in [0.3, 0.4) is 0 Å². The van der Waals surface area contributed by atoms with E-state index in [4.69, 9.17) is 0 Å². The van der Waals surface area contributed by atoms with E-state index in [-0.39, 0.29) is 5.91 Å². The molecule has 0 heterocycles. The molecule has 1 fully saturated rings. The molecule has 0 aromatic heterocycles. The molecule has 1 saturated carbocycles. The molecule has 0 radical (unpaired) electrons. The van der Waals surface area contributed by atoms with E-state index in [0.29, 0.717) is 19.0 Å². The van der Waals surface area contributed by atoms with E-state index < -0.39 is 0 Å². The summed E-state index contributed by atoms with van der Waals surface area (Å²) in [6.45, 7) is 4.87. The monoisotopic (exact) mass is 274 g/mol. The summed E-state index contributed by atoms with van der Waals surface area (Å²) in [6, 6.07) is 6.77. The lowest BCUT2D eigenvalue weighted by Gasteiger charge is -2.22. The molecular weight excluding hydrogens is 248 g/mol. The first-order valence-electron chi connectivity index (χ1n) is 7.75. The Morgan fingerprint density at radius 1 is 1.20 bits per heavy atom. The lowest BCUT2D eigenvalue weighted by Crippen LogP contribution is -2.36. The first-order valence-corrected chi connectivity index (χ1v) is 7.75. The molecule has 0 spiro atoms. The van der Waals surface area contributed by atoms with Gasteiger partial charge in [0.05, 0.1) is 0 Å². The van der Waals surface area contributed by atoms with E-state index in [2.05, 4.69) is 42.7 Å². The summed E-state index contributed by atoms with van der Waals surface area (Å²) in [5, 5.41) is 6.51. The van der Waals surface area contributed by atoms with Gasteiger partial charge in [-0.05, 0) is 43.9 Å². The number of nitrogens with one attached hydrogen (secondary N) is 2. The van der Waals surface area contributed by atoms with Crippen LogP contribution in [0.25, 0.3) is 0 Å². The number of amides is 1. The molecule has 0 atom stereocenters. The average molecular weight is 274 g/mol. The van der Waals surface area contributed by atoms with Gasteiger partial charge in [0.2, 0.25) is 5.91 Å². The summed E-state index contributed by atoms with van der Waals surface area (Å²) in [7, 11) is 0. The highest BCUT2D eigenvalue weighted by Crippen LogP contribution is 2.18. The maximum absolute atomic E-state index is 11.9. The van der Waals surface area contributed by atoms with Gasteiger partial charge in [-0.1, -0.05) is 31.4 Å². The van der Waals surface area contributed by atoms with Crippen molar-refractivity contribution in [2.45, 2.75) is 58.4 Å². The number of aryl methyl sites for hydroxylation is 2. The van der Waals surface area contributed by atoms with Crippen molar-refractivity contribution in [2.75, 3.05) is 11.9 Å². The van der Waals surface area contributed by atoms with E-state index in [1.54, 1.807) is 0 Å². The molecule has 0 unspecified atom stereocenters. The Kier molecular flexibility index (Phi) is 5.45. The van der Waals surface area contributed by atoms with Crippen molar-refractivity contribution in [2.24, 2.45) is 0 Å². The van der Waals surface area contributed by atoms with Gasteiger partial charge in [0.15, 0.2) is 0 Å². The molecule has 3 heteroatoms. The Labute approximate surface area is 122 Å². The number of anilines is 1. The van der Waals surface area contributed by atoms with Gasteiger partial charge in [-0.25, -0.2) is 0 Å². The third-order valence-electron chi connectivity index (χ3n) is 4.03. The fourth-order valence-corrected chi connectivity index (χ4v) is 2.78. The van der Waals surface area contributed by atoms with E-state index in [0.717, 1.165) is 18.5 Å². The van der Waals surface area contributed by atoms with Gasteiger partial charge in [-0.2, -0.15) is 0 Å². The van der Waals surface area contributed by atoms with Gasteiger partial charge in [0.1, 0.15) is 0 Å². The third kappa shape index (κ3) is 4.55. The molecule has 0 bridgehead atoms. The van der Waals surface area contributed by atoms with Crippen LogP contribution in [-0.2, 0) is 4.79 Å². The zero-order valence-electron chi connectivity index (χ0n) is 12.7. The van der Waals surface area contributed by atoms with Crippen molar-refractivity contribution >= 4 is 11.6 Å². The fraction of sp³-hybridized carbons (Fsp3) is 0.588. The maximum Gasteiger partial charge on any atom is 0.221 e. The van der Waals surface area contributed by atoms with Crippen LogP contribution in [0.1, 0.15) is 49.7 Å². The van der Waals surface area contributed by atoms with Crippen molar-refractivity contribution in [3.8, 4) is 0 Å². The second kappa shape index (κ2) is 7.32. The van der Waals surface area contributed by atoms with Crippen LogP contribution in [0.5, 0.6) is 0 Å². The zero-order chi connectivity index (χ0) is 14.4. The number of rotatable bonds is 5. The first-order chi connectivity index (χ1) is 9.65. The van der Waals surface area contributed by atoms with Crippen LogP contribution < -0.4 is 10.6 Å². The van der Waals surface area contributed by atoms with Gasteiger partial charge >= 0.3 is 0 Å². The van der Waals surface area contributed by atoms with Crippen LogP contribution in [-0.4, -0.2) is 18.5 Å². The van der Waals surface area contributed by atoms with Crippen molar-refractivity contribution in [3.63, 3.8) is 0 Å². The maximum atomic E-state index is 11.9. The van der Waals surface area contributed by atoms with Crippen LogP contribution >= 0.6 is 0 Å². The second-order valence-electron chi connectivity index (χ2n) is 5.90. The topological polar surface area (TPSA) is 41.1 Å². The van der Waals surface area contributed by atoms with Gasteiger partial charge in [0.25, 0.3) is 0 Å². The van der Waals surface area contributed by atoms with E-state index in [1.807, 2.05) is 0 Å². The molecule has 2 rings (SSSR count). The number of hydrogen-bond donors (Lipinski definition) is 2. The van der Waals surface area contributed by atoms with Crippen LogP contribution in [0, 0.1) is 13.8 Å². The molecule has 0 aliphatic heterocycles. The number of carbonyl (C=O) groups excluding carboxylic acids is 1. The quantitative estimate of drug-likeness (QED) is 0.862. The molecular formula is C17H26N2O. The number of hydrogen-bond acceptors (Lipinski definition) is 2. The molecule has 1 amide bonds. The standard InChI is InChI=1S/C17H26N2O/c1-13-8-9-14(2)16(12-13)18-11-10-17(20)19-15-6-4-3-5-7-15/h8-9,12,15,18H,3-7,10-11H2,1-2H3,(H,19,20). The Hall–Kier alpha value is -1.51. The Bertz CT molecular complexity index is 450. The molecule has 20 heavy (non-hydrogen) atoms. The van der Waals surface area contributed by atoms with Crippen LogP contribution in [0.15, 0.2) is 18.2 Å². The third-order valence-corrected chi connectivity index (χ3v) is 4.03. The molecule has 2 N–H and O–H groups in total. The molecule has 3 nitrogen and oxygen atoms in total. The van der Waals surface area contributed by atoms with Crippen LogP contribution in [0.2, 0.25) is 0 Å². The van der Waals surface area contributed by atoms with Crippen molar-refractivity contribution in [1.82, 2.24) is 5.32 Å². The van der Waals surface area contributed by atoms with Crippen molar-refractivity contribution < 1.29 is 4.79 Å². The van der Waals surface area contributed by atoms with E-state index >= 15 is 0 Å². The summed E-state index contributed by atoms with van der Waals surface area (Å²) in [5.74, 6) is 0.176. The van der Waals surface area contributed by atoms with Crippen LogP contribution in [0.4, 0.5) is 5.69 Å². The zero-order valence-corrected chi connectivity index (χ0v) is 12.7. The molecule has 1 aliphatic carbocycles. The summed E-state index contributed by atoms with van der Waals surface area (Å²) < 4.78 is 0. The largest absolute Gasteiger partial charge is 0.384 e. The normalized spacial score (nSPS) is 15.9. The lowest BCUT2D eigenvalue weighted by atomic mass is 9.95. The smallest absolute Gasteiger partial charge is 0.221 e. The minimum atomic E-state index is 0.176. The van der Waals surface area contributed by atoms with Gasteiger partial charge < -0.3 is 10.6 Å². The lowest BCUT2D eigenvalue weighted by molar-refractivity contribution is -0.121. The summed E-state index contributed by atoms with van der Waals surface area (Å²) in [4.78, 5) is 11.9. The highest BCUT2D eigenvalue weighted by Gasteiger charge is 2.15. The van der Waals surface area contributed by atoms with Gasteiger partial charge in [-0.3, -0.25) is 4.79 Å². The molecule has 0 saturated heterocycles. The molecule has 1 aromatic rings. The van der Waals surface area contributed by atoms with E-state index in [1.165, 1.54) is 30.4 Å². The van der Waals surface area contributed by atoms with Crippen molar-refractivity contribution in [1.29, 1.82) is 0 Å². The summed E-state index contributed by atoms with van der Waals surface area (Å²) >= 11 is 0. The summed E-state index contributed by atoms with van der Waals surface area (Å²) in [5.41, 5.74) is 3.60. The second-order valence-corrected chi connectivity index (χ2v) is 5.90. The van der Waals surface area contributed by atoms with Gasteiger partial charge in [-0.15, -0.1) is 0 Å². The fourth-order valence-electron chi connectivity index (χ4n) is 2.78. The minimum Gasteiger partial charge on any atom is -0.384 e. The number of carbonyl (C=O) groups is 1. The van der Waals surface area contributed by atoms with Crippen molar-refractivity contribution in [3.05, 3.63) is 29.3 Å². The summed E-state index contributed by atoms with van der Waals surface area (Å²) in [6.07, 6.45) is 6.67. The predicted octanol–water partition coefficient (Wildman–Crippen LogP) is 3.55. The predicted molar refractivity (Wildman–Crippen MR) is 84.0 cm³/mol. The molecule has 1 aromatic carbocycles. The highest BCUT2D eigenvalue weighted by atomic mass is 16.1. The molecule has 1 aliphatic rings. The molecule has 110 valence electrons. The minimum absolute atomic E-state index is 0.176. The Balaban J connectivity index is 1.72. The SMILES string of the molecule is Cc1ccc(C)c(NCCC(=O)NC2CCCCC2)c1. The highest BCUT2D eigenvalue weighted by molar-refractivity contribution is 5.76. The van der Waals surface area contributed by atoms with Gasteiger partial charge in [0, 0.05) is 24.7 Å². The van der Waals surface area contributed by atoms with E-state index in [9.17, 15) is 4.79 Å². The first kappa shape index (κ1) is 14.9. The number of benzene rings is 1. The Morgan fingerprint density at radius 2 is 1.95 bits per heavy atom. The average Bonchev–Trinajstić information content (AvgIpc) is 2.44. The Morgan fingerprint density at radius 3 is 2.70 bits per heavy atom.